The Kier molecular flexibility index (Phi) is 3.12. The van der Waals surface area contributed by atoms with Crippen molar-refractivity contribution in [2.75, 3.05) is 11.5 Å². The summed E-state index contributed by atoms with van der Waals surface area (Å²) >= 11 is 0. The second kappa shape index (κ2) is 4.92. The Balaban J connectivity index is 2.42. The third-order valence-corrected chi connectivity index (χ3v) is 3.85. The summed E-state index contributed by atoms with van der Waals surface area (Å²) in [6.45, 7) is 0. The summed E-state index contributed by atoms with van der Waals surface area (Å²) in [4.78, 5) is 48.0. The van der Waals surface area contributed by atoms with E-state index in [1.807, 2.05) is 0 Å². The molecule has 24 heavy (non-hydrogen) atoms. The van der Waals surface area contributed by atoms with Crippen LogP contribution in [0.3, 0.4) is 0 Å². The molecule has 0 unspecified atom stereocenters. The topological polar surface area (TPSA) is 161 Å². The lowest BCUT2D eigenvalue weighted by molar-refractivity contribution is 0.0685. The largest absolute Gasteiger partial charge is 0.478 e. The number of carbonyl (C=O) groups excluding carboxylic acids is 2. The van der Waals surface area contributed by atoms with Gasteiger partial charge in [0.25, 0.3) is 0 Å². The molecule has 0 fully saturated rings. The highest BCUT2D eigenvalue weighted by Crippen LogP contribution is 2.37. The third-order valence-electron chi connectivity index (χ3n) is 3.85. The maximum absolute atomic E-state index is 12.7. The van der Waals surface area contributed by atoms with Crippen molar-refractivity contribution in [2.45, 2.75) is 0 Å². The minimum atomic E-state index is -1.40. The summed E-state index contributed by atoms with van der Waals surface area (Å²) in [5.41, 5.74) is 9.12. The van der Waals surface area contributed by atoms with Gasteiger partial charge in [0.2, 0.25) is 0 Å². The van der Waals surface area contributed by atoms with E-state index in [0.29, 0.717) is 0 Å². The van der Waals surface area contributed by atoms with Crippen LogP contribution in [-0.4, -0.2) is 33.7 Å². The van der Waals surface area contributed by atoms with Crippen molar-refractivity contribution in [1.29, 1.82) is 0 Å². The quantitative estimate of drug-likeness (QED) is 0.507. The normalized spacial score (nSPS) is 12.5. The first-order valence-corrected chi connectivity index (χ1v) is 6.66. The van der Waals surface area contributed by atoms with Crippen LogP contribution >= 0.6 is 0 Å². The highest BCUT2D eigenvalue weighted by atomic mass is 16.4. The molecule has 2 aromatic carbocycles. The number of ketones is 2. The van der Waals surface area contributed by atoms with Crippen LogP contribution in [0.15, 0.2) is 24.3 Å². The molecule has 0 bridgehead atoms. The molecule has 0 aliphatic heterocycles. The number of rotatable bonds is 2. The van der Waals surface area contributed by atoms with Gasteiger partial charge in [-0.2, -0.15) is 0 Å². The number of carboxylic acids is 2. The number of hydrogen-bond acceptors (Lipinski definition) is 6. The highest BCUT2D eigenvalue weighted by Gasteiger charge is 2.37. The summed E-state index contributed by atoms with van der Waals surface area (Å²) in [5.74, 6) is -4.29. The Bertz CT molecular complexity index is 977. The van der Waals surface area contributed by atoms with Gasteiger partial charge in [-0.15, -0.1) is 0 Å². The lowest BCUT2D eigenvalue weighted by Gasteiger charge is -2.22. The number of aromatic carboxylic acids is 2. The summed E-state index contributed by atoms with van der Waals surface area (Å²) in [6.07, 6.45) is 0. The number of carbonyl (C=O) groups is 4. The van der Waals surface area contributed by atoms with Gasteiger partial charge in [-0.1, -0.05) is 12.1 Å². The van der Waals surface area contributed by atoms with Gasteiger partial charge in [-0.05, 0) is 12.1 Å². The molecule has 0 aromatic heterocycles. The van der Waals surface area contributed by atoms with E-state index in [2.05, 4.69) is 0 Å². The first-order valence-electron chi connectivity index (χ1n) is 6.66. The summed E-state index contributed by atoms with van der Waals surface area (Å²) in [7, 11) is 0. The molecule has 8 heteroatoms. The van der Waals surface area contributed by atoms with Crippen molar-refractivity contribution >= 4 is 34.9 Å². The van der Waals surface area contributed by atoms with Crippen molar-refractivity contribution in [3.8, 4) is 0 Å². The molecule has 0 saturated carbocycles. The van der Waals surface area contributed by atoms with Gasteiger partial charge in [0.15, 0.2) is 11.6 Å². The average Bonchev–Trinajstić information content (AvgIpc) is 2.53. The maximum Gasteiger partial charge on any atom is 0.337 e. The van der Waals surface area contributed by atoms with E-state index in [1.54, 1.807) is 0 Å². The molecule has 2 aromatic rings. The minimum Gasteiger partial charge on any atom is -0.478 e. The molecule has 3 rings (SSSR count). The fraction of sp³-hybridized carbons (Fsp3) is 0. The van der Waals surface area contributed by atoms with Crippen molar-refractivity contribution in [2.24, 2.45) is 0 Å². The molecule has 8 nitrogen and oxygen atoms in total. The number of nitrogen functional groups attached to an aromatic ring is 2. The molecule has 0 spiro atoms. The van der Waals surface area contributed by atoms with Gasteiger partial charge in [0, 0.05) is 16.8 Å². The van der Waals surface area contributed by atoms with Crippen LogP contribution < -0.4 is 11.5 Å². The van der Waals surface area contributed by atoms with Crippen LogP contribution in [0, 0.1) is 0 Å². The van der Waals surface area contributed by atoms with E-state index >= 15 is 0 Å². The van der Waals surface area contributed by atoms with E-state index in [1.165, 1.54) is 18.2 Å². The molecule has 0 saturated heterocycles. The average molecular weight is 326 g/mol. The second-order valence-corrected chi connectivity index (χ2v) is 5.17. The molecular weight excluding hydrogens is 316 g/mol. The van der Waals surface area contributed by atoms with Gasteiger partial charge in [0.1, 0.15) is 0 Å². The number of hydrogen-bond donors (Lipinski definition) is 4. The van der Waals surface area contributed by atoms with Crippen molar-refractivity contribution < 1.29 is 29.4 Å². The van der Waals surface area contributed by atoms with Crippen molar-refractivity contribution in [1.82, 2.24) is 0 Å². The summed E-state index contributed by atoms with van der Waals surface area (Å²) in [6, 6.07) is 4.78. The molecule has 0 atom stereocenters. The predicted molar refractivity (Wildman–Crippen MR) is 82.5 cm³/mol. The molecule has 1 aliphatic carbocycles. The Morgan fingerprint density at radius 1 is 0.833 bits per heavy atom. The van der Waals surface area contributed by atoms with E-state index in [0.717, 1.165) is 6.07 Å². The molecule has 120 valence electrons. The molecule has 1 aliphatic rings. The van der Waals surface area contributed by atoms with Gasteiger partial charge in [-0.25, -0.2) is 9.59 Å². The molecule has 0 heterocycles. The summed E-state index contributed by atoms with van der Waals surface area (Å²) in [5, 5.41) is 18.4. The number of nitrogens with two attached hydrogens (primary N) is 2. The van der Waals surface area contributed by atoms with E-state index in [-0.39, 0.29) is 39.2 Å². The van der Waals surface area contributed by atoms with Gasteiger partial charge in [-0.3, -0.25) is 9.59 Å². The van der Waals surface area contributed by atoms with E-state index < -0.39 is 29.1 Å². The van der Waals surface area contributed by atoms with Crippen LogP contribution in [-0.2, 0) is 0 Å². The number of carboxylic acid groups (broad SMARTS) is 2. The summed E-state index contributed by atoms with van der Waals surface area (Å²) < 4.78 is 0. The third kappa shape index (κ3) is 1.86. The zero-order valence-electron chi connectivity index (χ0n) is 12.0. The fourth-order valence-corrected chi connectivity index (χ4v) is 2.80. The molecule has 0 amide bonds. The van der Waals surface area contributed by atoms with Crippen molar-refractivity contribution in [3.63, 3.8) is 0 Å². The first-order chi connectivity index (χ1) is 11.3. The zero-order chi connectivity index (χ0) is 17.8. The van der Waals surface area contributed by atoms with E-state index in [4.69, 9.17) is 16.6 Å². The Morgan fingerprint density at radius 3 is 2.04 bits per heavy atom. The minimum absolute atomic E-state index is 0.152. The van der Waals surface area contributed by atoms with Crippen LogP contribution in [0.4, 0.5) is 11.4 Å². The lowest BCUT2D eigenvalue weighted by Crippen LogP contribution is -2.27. The number of anilines is 2. The van der Waals surface area contributed by atoms with Crippen LogP contribution in [0.5, 0.6) is 0 Å². The van der Waals surface area contributed by atoms with Crippen LogP contribution in [0.25, 0.3) is 0 Å². The zero-order valence-corrected chi connectivity index (χ0v) is 12.0. The van der Waals surface area contributed by atoms with Crippen LogP contribution in [0.2, 0.25) is 0 Å². The fourth-order valence-electron chi connectivity index (χ4n) is 2.80. The smallest absolute Gasteiger partial charge is 0.337 e. The first kappa shape index (κ1) is 15.2. The SMILES string of the molecule is Nc1cc(C(=O)O)c(N)c2c1C(=O)c1c(C(=O)O)cccc1C2=O. The predicted octanol–water partition coefficient (Wildman–Crippen LogP) is 1.02. The standard InChI is InChI=1S/C16H10N2O6/c17-8-4-7(16(23)24)12(18)11-10(8)14(20)9-5(13(11)19)2-1-3-6(9)15(21)22/h1-4H,17-18H2,(H,21,22)(H,23,24). The highest BCUT2D eigenvalue weighted by molar-refractivity contribution is 6.34. The van der Waals surface area contributed by atoms with E-state index in [9.17, 15) is 24.3 Å². The van der Waals surface area contributed by atoms with Gasteiger partial charge >= 0.3 is 11.9 Å². The van der Waals surface area contributed by atoms with Gasteiger partial charge < -0.3 is 21.7 Å². The Morgan fingerprint density at radius 2 is 1.46 bits per heavy atom. The van der Waals surface area contributed by atoms with Gasteiger partial charge in [0.05, 0.1) is 27.9 Å². The Labute approximate surface area is 134 Å². The lowest BCUT2D eigenvalue weighted by atomic mass is 9.79. The second-order valence-electron chi connectivity index (χ2n) is 5.17. The maximum atomic E-state index is 12.7. The number of fused-ring (bicyclic) bond motifs is 2. The Hall–Kier alpha value is -3.68. The number of benzene rings is 2. The molecular formula is C16H10N2O6. The molecule has 0 radical (unpaired) electrons. The van der Waals surface area contributed by atoms with Crippen molar-refractivity contribution in [3.05, 3.63) is 57.6 Å². The molecule has 6 N–H and O–H groups in total. The van der Waals surface area contributed by atoms with Crippen LogP contribution in [0.1, 0.15) is 52.6 Å². The monoisotopic (exact) mass is 326 g/mol.